The largest absolute Gasteiger partial charge is 0.508 e. The van der Waals surface area contributed by atoms with Gasteiger partial charge < -0.3 is 15.3 Å². The number of phenolic OH excluding ortho intramolecular Hbond substituents is 2. The zero-order valence-electron chi connectivity index (χ0n) is 10.9. The molecule has 0 aliphatic rings. The number of aromatic carboxylic acids is 1. The molecule has 3 N–H and O–H groups in total. The molecule has 3 aromatic carbocycles. The average molecular weight is 280 g/mol. The van der Waals surface area contributed by atoms with E-state index in [1.807, 2.05) is 12.1 Å². The van der Waals surface area contributed by atoms with Crippen LogP contribution in [0, 0.1) is 0 Å². The number of rotatable bonds is 2. The first-order valence-corrected chi connectivity index (χ1v) is 6.34. The highest BCUT2D eigenvalue weighted by Gasteiger charge is 2.08. The van der Waals surface area contributed by atoms with E-state index in [-0.39, 0.29) is 17.1 Å². The van der Waals surface area contributed by atoms with Crippen LogP contribution in [0.3, 0.4) is 0 Å². The molecule has 3 rings (SSSR count). The van der Waals surface area contributed by atoms with Gasteiger partial charge in [0.05, 0.1) is 5.56 Å². The van der Waals surface area contributed by atoms with Gasteiger partial charge >= 0.3 is 5.97 Å². The first kappa shape index (κ1) is 13.0. The zero-order valence-corrected chi connectivity index (χ0v) is 10.9. The molecule has 0 spiro atoms. The van der Waals surface area contributed by atoms with Gasteiger partial charge in [-0.25, -0.2) is 4.79 Å². The fourth-order valence-electron chi connectivity index (χ4n) is 2.31. The second-order valence-electron chi connectivity index (χ2n) is 4.78. The van der Waals surface area contributed by atoms with E-state index in [2.05, 4.69) is 0 Å². The fraction of sp³-hybridized carbons (Fsp3) is 0. The molecule has 0 saturated carbocycles. The predicted molar refractivity (Wildman–Crippen MR) is 79.7 cm³/mol. The molecule has 0 radical (unpaired) electrons. The SMILES string of the molecule is O=C(O)c1ccc2cc(-c3ccc(O)cc3O)ccc2c1. The number of carboxylic acid groups (broad SMARTS) is 1. The van der Waals surface area contributed by atoms with Gasteiger partial charge in [0.15, 0.2) is 0 Å². The number of phenols is 2. The Morgan fingerprint density at radius 1 is 0.810 bits per heavy atom. The molecule has 0 saturated heterocycles. The lowest BCUT2D eigenvalue weighted by Gasteiger charge is -2.07. The van der Waals surface area contributed by atoms with Crippen LogP contribution in [0.5, 0.6) is 11.5 Å². The minimum absolute atomic E-state index is 0.00291. The summed E-state index contributed by atoms with van der Waals surface area (Å²) in [5.74, 6) is -0.961. The third kappa shape index (κ3) is 2.39. The minimum Gasteiger partial charge on any atom is -0.508 e. The maximum atomic E-state index is 11.0. The van der Waals surface area contributed by atoms with E-state index in [9.17, 15) is 15.0 Å². The Hall–Kier alpha value is -3.01. The summed E-state index contributed by atoms with van der Waals surface area (Å²) in [6.07, 6.45) is 0. The van der Waals surface area contributed by atoms with Crippen LogP contribution in [0.1, 0.15) is 10.4 Å². The van der Waals surface area contributed by atoms with Crippen molar-refractivity contribution in [2.24, 2.45) is 0 Å². The van der Waals surface area contributed by atoms with Crippen LogP contribution in [-0.2, 0) is 0 Å². The van der Waals surface area contributed by atoms with Crippen LogP contribution in [0.4, 0.5) is 0 Å². The molecule has 0 aliphatic heterocycles. The molecule has 21 heavy (non-hydrogen) atoms. The van der Waals surface area contributed by atoms with Gasteiger partial charge in [-0.15, -0.1) is 0 Å². The number of carboxylic acids is 1. The molecule has 0 amide bonds. The van der Waals surface area contributed by atoms with E-state index in [0.29, 0.717) is 5.56 Å². The molecular weight excluding hydrogens is 268 g/mol. The van der Waals surface area contributed by atoms with Crippen molar-refractivity contribution >= 4 is 16.7 Å². The number of hydrogen-bond acceptors (Lipinski definition) is 3. The van der Waals surface area contributed by atoms with Crippen LogP contribution in [-0.4, -0.2) is 21.3 Å². The summed E-state index contributed by atoms with van der Waals surface area (Å²) in [6, 6.07) is 14.8. The standard InChI is InChI=1S/C17H12O4/c18-14-5-6-15(16(19)9-14)12-3-1-11-8-13(17(20)21)4-2-10(11)7-12/h1-9,18-19H,(H,20,21). The van der Waals surface area contributed by atoms with Crippen molar-refractivity contribution < 1.29 is 20.1 Å². The van der Waals surface area contributed by atoms with Gasteiger partial charge in [-0.2, -0.15) is 0 Å². The third-order valence-electron chi connectivity index (χ3n) is 3.38. The quantitative estimate of drug-likeness (QED) is 0.670. The highest BCUT2D eigenvalue weighted by Crippen LogP contribution is 2.33. The van der Waals surface area contributed by atoms with Crippen LogP contribution in [0.15, 0.2) is 54.6 Å². The second-order valence-corrected chi connectivity index (χ2v) is 4.78. The van der Waals surface area contributed by atoms with E-state index in [1.165, 1.54) is 12.1 Å². The fourth-order valence-corrected chi connectivity index (χ4v) is 2.31. The van der Waals surface area contributed by atoms with Crippen LogP contribution in [0.2, 0.25) is 0 Å². The van der Waals surface area contributed by atoms with Crippen molar-refractivity contribution in [3.05, 3.63) is 60.2 Å². The van der Waals surface area contributed by atoms with Gasteiger partial charge in [0.2, 0.25) is 0 Å². The van der Waals surface area contributed by atoms with E-state index in [1.54, 1.807) is 30.3 Å². The van der Waals surface area contributed by atoms with Gasteiger partial charge in [0.25, 0.3) is 0 Å². The molecular formula is C17H12O4. The van der Waals surface area contributed by atoms with Crippen LogP contribution in [0.25, 0.3) is 21.9 Å². The van der Waals surface area contributed by atoms with Gasteiger partial charge in [-0.1, -0.05) is 18.2 Å². The summed E-state index contributed by atoms with van der Waals surface area (Å²) in [6.45, 7) is 0. The smallest absolute Gasteiger partial charge is 0.335 e. The Morgan fingerprint density at radius 3 is 2.24 bits per heavy atom. The molecule has 0 heterocycles. The molecule has 0 aromatic heterocycles. The van der Waals surface area contributed by atoms with Crippen molar-refractivity contribution in [1.82, 2.24) is 0 Å². The van der Waals surface area contributed by atoms with Crippen LogP contribution >= 0.6 is 0 Å². The van der Waals surface area contributed by atoms with Crippen molar-refractivity contribution in [3.8, 4) is 22.6 Å². The van der Waals surface area contributed by atoms with Gasteiger partial charge in [0, 0.05) is 11.6 Å². The lowest BCUT2D eigenvalue weighted by atomic mass is 9.99. The number of hydrogen-bond donors (Lipinski definition) is 3. The molecule has 104 valence electrons. The maximum Gasteiger partial charge on any atom is 0.335 e. The monoisotopic (exact) mass is 280 g/mol. The Bertz CT molecular complexity index is 853. The Morgan fingerprint density at radius 2 is 1.52 bits per heavy atom. The Kier molecular flexibility index (Phi) is 2.99. The molecule has 0 bridgehead atoms. The molecule has 0 fully saturated rings. The lowest BCUT2D eigenvalue weighted by Crippen LogP contribution is -1.95. The second kappa shape index (κ2) is 4.83. The van der Waals surface area contributed by atoms with Crippen LogP contribution < -0.4 is 0 Å². The van der Waals surface area contributed by atoms with Crippen molar-refractivity contribution in [3.63, 3.8) is 0 Å². The zero-order chi connectivity index (χ0) is 15.0. The minimum atomic E-state index is -0.961. The predicted octanol–water partition coefficient (Wildman–Crippen LogP) is 3.62. The van der Waals surface area contributed by atoms with Crippen molar-refractivity contribution in [2.75, 3.05) is 0 Å². The third-order valence-corrected chi connectivity index (χ3v) is 3.38. The number of fused-ring (bicyclic) bond motifs is 1. The number of aromatic hydroxyl groups is 2. The molecule has 0 atom stereocenters. The first-order chi connectivity index (χ1) is 10.0. The average Bonchev–Trinajstić information content (AvgIpc) is 2.46. The summed E-state index contributed by atoms with van der Waals surface area (Å²) in [5.41, 5.74) is 1.64. The molecule has 4 heteroatoms. The van der Waals surface area contributed by atoms with E-state index in [0.717, 1.165) is 16.3 Å². The molecule has 0 aliphatic carbocycles. The van der Waals surface area contributed by atoms with Crippen molar-refractivity contribution in [2.45, 2.75) is 0 Å². The number of carbonyl (C=O) groups is 1. The van der Waals surface area contributed by atoms with E-state index < -0.39 is 5.97 Å². The molecule has 0 unspecified atom stereocenters. The summed E-state index contributed by atoms with van der Waals surface area (Å²) in [5, 5.41) is 29.9. The highest BCUT2D eigenvalue weighted by molar-refractivity contribution is 5.96. The Balaban J connectivity index is 2.13. The lowest BCUT2D eigenvalue weighted by molar-refractivity contribution is 0.0697. The van der Waals surface area contributed by atoms with Gasteiger partial charge in [0.1, 0.15) is 11.5 Å². The Labute approximate surface area is 120 Å². The van der Waals surface area contributed by atoms with Crippen molar-refractivity contribution in [1.29, 1.82) is 0 Å². The van der Waals surface area contributed by atoms with E-state index >= 15 is 0 Å². The van der Waals surface area contributed by atoms with E-state index in [4.69, 9.17) is 5.11 Å². The summed E-state index contributed by atoms with van der Waals surface area (Å²) >= 11 is 0. The first-order valence-electron chi connectivity index (χ1n) is 6.34. The number of benzene rings is 3. The highest BCUT2D eigenvalue weighted by atomic mass is 16.4. The molecule has 3 aromatic rings. The summed E-state index contributed by atoms with van der Waals surface area (Å²) in [7, 11) is 0. The topological polar surface area (TPSA) is 77.8 Å². The summed E-state index contributed by atoms with van der Waals surface area (Å²) in [4.78, 5) is 11.0. The normalized spacial score (nSPS) is 10.7. The van der Waals surface area contributed by atoms with Gasteiger partial charge in [-0.05, 0) is 46.7 Å². The van der Waals surface area contributed by atoms with Gasteiger partial charge in [-0.3, -0.25) is 0 Å². The molecule has 4 nitrogen and oxygen atoms in total. The summed E-state index contributed by atoms with van der Waals surface area (Å²) < 4.78 is 0. The maximum absolute atomic E-state index is 11.0.